The van der Waals surface area contributed by atoms with Gasteiger partial charge in [0.15, 0.2) is 0 Å². The molecule has 1 aliphatic heterocycles. The van der Waals surface area contributed by atoms with E-state index in [1.165, 1.54) is 0 Å². The van der Waals surface area contributed by atoms with Gasteiger partial charge in [-0.15, -0.1) is 0 Å². The number of benzene rings is 1. The minimum absolute atomic E-state index is 0.0260. The summed E-state index contributed by atoms with van der Waals surface area (Å²) in [5.74, 6) is 1.23. The number of rotatable bonds is 10. The van der Waals surface area contributed by atoms with Crippen molar-refractivity contribution in [2.45, 2.75) is 40.0 Å². The van der Waals surface area contributed by atoms with Crippen LogP contribution in [-0.4, -0.2) is 67.5 Å². The average Bonchev–Trinajstić information content (AvgIpc) is 2.71. The first-order chi connectivity index (χ1) is 13.5. The fourth-order valence-electron chi connectivity index (χ4n) is 3.23. The molecule has 2 amide bonds. The van der Waals surface area contributed by atoms with E-state index in [0.29, 0.717) is 37.6 Å². The number of hydrogen-bond acceptors (Lipinski definition) is 4. The number of piperazine rings is 1. The molecular weight excluding hydrogens is 354 g/mol. The molecule has 1 aromatic rings. The molecule has 156 valence electrons. The normalized spacial score (nSPS) is 14.2. The molecule has 1 saturated heterocycles. The van der Waals surface area contributed by atoms with E-state index >= 15 is 0 Å². The third-order valence-corrected chi connectivity index (χ3v) is 4.81. The first-order valence-electron chi connectivity index (χ1n) is 10.5. The smallest absolute Gasteiger partial charge is 0.253 e. The Kier molecular flexibility index (Phi) is 9.28. The molecule has 0 aromatic heterocycles. The summed E-state index contributed by atoms with van der Waals surface area (Å²) in [5.41, 5.74) is 0.637. The van der Waals surface area contributed by atoms with Crippen LogP contribution in [0.25, 0.3) is 0 Å². The van der Waals surface area contributed by atoms with Crippen molar-refractivity contribution in [2.75, 3.05) is 45.9 Å². The maximum atomic E-state index is 13.0. The monoisotopic (exact) mass is 389 g/mol. The van der Waals surface area contributed by atoms with Crippen LogP contribution >= 0.6 is 0 Å². The SMILES string of the molecule is CCCCOc1ccc(C(=O)N(CCC(=O)N2CCNCC2)CC(C)C)cc1. The van der Waals surface area contributed by atoms with Crippen molar-refractivity contribution in [2.24, 2.45) is 5.92 Å². The number of amides is 2. The quantitative estimate of drug-likeness (QED) is 0.625. The van der Waals surface area contributed by atoms with Gasteiger partial charge in [-0.1, -0.05) is 27.2 Å². The van der Waals surface area contributed by atoms with E-state index in [4.69, 9.17) is 4.74 Å². The molecule has 28 heavy (non-hydrogen) atoms. The van der Waals surface area contributed by atoms with E-state index in [1.807, 2.05) is 29.2 Å². The molecule has 1 aliphatic rings. The fourth-order valence-corrected chi connectivity index (χ4v) is 3.23. The van der Waals surface area contributed by atoms with Crippen LogP contribution in [0.5, 0.6) is 5.75 Å². The zero-order valence-corrected chi connectivity index (χ0v) is 17.6. The van der Waals surface area contributed by atoms with E-state index in [9.17, 15) is 9.59 Å². The van der Waals surface area contributed by atoms with E-state index in [0.717, 1.165) is 44.8 Å². The Hall–Kier alpha value is -2.08. The van der Waals surface area contributed by atoms with E-state index in [-0.39, 0.29) is 11.8 Å². The van der Waals surface area contributed by atoms with Gasteiger partial charge in [-0.3, -0.25) is 9.59 Å². The summed E-state index contributed by atoms with van der Waals surface area (Å²) >= 11 is 0. The molecule has 0 aliphatic carbocycles. The number of carbonyl (C=O) groups excluding carboxylic acids is 2. The van der Waals surface area contributed by atoms with Crippen LogP contribution in [0, 0.1) is 5.92 Å². The summed E-state index contributed by atoms with van der Waals surface area (Å²) in [6, 6.07) is 7.33. The molecule has 6 nitrogen and oxygen atoms in total. The van der Waals surface area contributed by atoms with Gasteiger partial charge in [0.25, 0.3) is 5.91 Å². The molecule has 2 rings (SSSR count). The van der Waals surface area contributed by atoms with Gasteiger partial charge in [-0.05, 0) is 36.6 Å². The molecule has 1 fully saturated rings. The van der Waals surface area contributed by atoms with Gasteiger partial charge < -0.3 is 19.9 Å². The molecule has 0 atom stereocenters. The van der Waals surface area contributed by atoms with Gasteiger partial charge in [0, 0.05) is 51.3 Å². The van der Waals surface area contributed by atoms with Gasteiger partial charge in [-0.25, -0.2) is 0 Å². The molecule has 0 spiro atoms. The lowest BCUT2D eigenvalue weighted by atomic mass is 10.1. The molecule has 1 aromatic carbocycles. The second-order valence-corrected chi connectivity index (χ2v) is 7.75. The summed E-state index contributed by atoms with van der Waals surface area (Å²) in [4.78, 5) is 29.1. The number of hydrogen-bond donors (Lipinski definition) is 1. The third-order valence-electron chi connectivity index (χ3n) is 4.81. The molecule has 1 heterocycles. The lowest BCUT2D eigenvalue weighted by molar-refractivity contribution is -0.132. The number of nitrogens with zero attached hydrogens (tertiary/aromatic N) is 2. The summed E-state index contributed by atoms with van der Waals surface area (Å²) < 4.78 is 5.67. The van der Waals surface area contributed by atoms with Crippen molar-refractivity contribution in [3.05, 3.63) is 29.8 Å². The highest BCUT2D eigenvalue weighted by atomic mass is 16.5. The van der Waals surface area contributed by atoms with Gasteiger partial charge in [0.2, 0.25) is 5.91 Å². The lowest BCUT2D eigenvalue weighted by Gasteiger charge is -2.29. The first kappa shape index (κ1) is 22.2. The van der Waals surface area contributed by atoms with Gasteiger partial charge >= 0.3 is 0 Å². The number of ether oxygens (including phenoxy) is 1. The van der Waals surface area contributed by atoms with Gasteiger partial charge in [0.1, 0.15) is 5.75 Å². The second-order valence-electron chi connectivity index (χ2n) is 7.75. The Balaban J connectivity index is 1.94. The van der Waals surface area contributed by atoms with Crippen molar-refractivity contribution >= 4 is 11.8 Å². The molecule has 0 saturated carbocycles. The second kappa shape index (κ2) is 11.7. The van der Waals surface area contributed by atoms with E-state index in [2.05, 4.69) is 26.1 Å². The minimum atomic E-state index is -0.0260. The van der Waals surface area contributed by atoms with Crippen LogP contribution in [0.1, 0.15) is 50.4 Å². The predicted octanol–water partition coefficient (Wildman–Crippen LogP) is 2.79. The topological polar surface area (TPSA) is 61.9 Å². The summed E-state index contributed by atoms with van der Waals surface area (Å²) in [6.45, 7) is 11.3. The highest BCUT2D eigenvalue weighted by molar-refractivity contribution is 5.94. The number of nitrogens with one attached hydrogen (secondary N) is 1. The van der Waals surface area contributed by atoms with Crippen LogP contribution in [0.2, 0.25) is 0 Å². The Morgan fingerprint density at radius 1 is 1.18 bits per heavy atom. The van der Waals surface area contributed by atoms with Crippen LogP contribution in [0.15, 0.2) is 24.3 Å². The lowest BCUT2D eigenvalue weighted by Crippen LogP contribution is -2.47. The Bertz CT molecular complexity index is 610. The highest BCUT2D eigenvalue weighted by Gasteiger charge is 2.21. The van der Waals surface area contributed by atoms with E-state index in [1.54, 1.807) is 4.90 Å². The summed E-state index contributed by atoms with van der Waals surface area (Å²) in [7, 11) is 0. The minimum Gasteiger partial charge on any atom is -0.494 e. The standard InChI is InChI=1S/C22H35N3O3/c1-4-5-16-28-20-8-6-19(7-9-20)22(27)25(17-18(2)3)13-10-21(26)24-14-11-23-12-15-24/h6-9,18,23H,4-5,10-17H2,1-3H3. The van der Waals surface area contributed by atoms with Crippen LogP contribution in [0.4, 0.5) is 0 Å². The molecule has 0 radical (unpaired) electrons. The van der Waals surface area contributed by atoms with Crippen molar-refractivity contribution < 1.29 is 14.3 Å². The van der Waals surface area contributed by atoms with Gasteiger partial charge in [-0.2, -0.15) is 0 Å². The van der Waals surface area contributed by atoms with Crippen LogP contribution in [0.3, 0.4) is 0 Å². The van der Waals surface area contributed by atoms with Crippen molar-refractivity contribution in [3.8, 4) is 5.75 Å². The zero-order valence-electron chi connectivity index (χ0n) is 17.6. The van der Waals surface area contributed by atoms with Crippen LogP contribution in [-0.2, 0) is 4.79 Å². The maximum Gasteiger partial charge on any atom is 0.253 e. The molecule has 6 heteroatoms. The average molecular weight is 390 g/mol. The Morgan fingerprint density at radius 3 is 2.46 bits per heavy atom. The Labute approximate surface area is 169 Å². The van der Waals surface area contributed by atoms with Gasteiger partial charge in [0.05, 0.1) is 6.61 Å². The largest absolute Gasteiger partial charge is 0.494 e. The van der Waals surface area contributed by atoms with Crippen molar-refractivity contribution in [1.29, 1.82) is 0 Å². The predicted molar refractivity (Wildman–Crippen MR) is 112 cm³/mol. The summed E-state index contributed by atoms with van der Waals surface area (Å²) in [5, 5.41) is 3.25. The molecule has 0 unspecified atom stereocenters. The highest BCUT2D eigenvalue weighted by Crippen LogP contribution is 2.15. The van der Waals surface area contributed by atoms with Crippen molar-refractivity contribution in [1.82, 2.24) is 15.1 Å². The number of carbonyl (C=O) groups is 2. The molecule has 0 bridgehead atoms. The Morgan fingerprint density at radius 2 is 1.86 bits per heavy atom. The molecular formula is C22H35N3O3. The first-order valence-corrected chi connectivity index (χ1v) is 10.5. The number of unbranched alkanes of at least 4 members (excludes halogenated alkanes) is 1. The molecule has 1 N–H and O–H groups in total. The summed E-state index contributed by atoms with van der Waals surface area (Å²) in [6.07, 6.45) is 2.48. The zero-order chi connectivity index (χ0) is 20.4. The van der Waals surface area contributed by atoms with Crippen LogP contribution < -0.4 is 10.1 Å². The fraction of sp³-hybridized carbons (Fsp3) is 0.636. The van der Waals surface area contributed by atoms with Crippen molar-refractivity contribution in [3.63, 3.8) is 0 Å². The van der Waals surface area contributed by atoms with E-state index < -0.39 is 0 Å². The maximum absolute atomic E-state index is 13.0. The third kappa shape index (κ3) is 7.15.